The highest BCUT2D eigenvalue weighted by Crippen LogP contribution is 2.18. The van der Waals surface area contributed by atoms with Gasteiger partial charge in [-0.15, -0.1) is 0 Å². The first kappa shape index (κ1) is 19.5. The number of nitrogens with two attached hydrogens (primary N) is 1. The molecule has 2 rings (SSSR count). The van der Waals surface area contributed by atoms with E-state index in [9.17, 15) is 14.4 Å². The van der Waals surface area contributed by atoms with Crippen molar-refractivity contribution in [1.29, 1.82) is 0 Å². The topological polar surface area (TPSA) is 98.5 Å². The van der Waals surface area contributed by atoms with Crippen molar-refractivity contribution in [2.24, 2.45) is 0 Å². The quantitative estimate of drug-likeness (QED) is 0.572. The van der Waals surface area contributed by atoms with Crippen molar-refractivity contribution >= 4 is 34.9 Å². The Kier molecular flexibility index (Phi) is 6.74. The molecule has 0 saturated carbocycles. The zero-order chi connectivity index (χ0) is 19.1. The fraction of sp³-hybridized carbons (Fsp3) is 0.211. The number of benzene rings is 2. The van der Waals surface area contributed by atoms with Crippen LogP contribution in [0.2, 0.25) is 5.02 Å². The Morgan fingerprint density at radius 2 is 1.85 bits per heavy atom. The van der Waals surface area contributed by atoms with Gasteiger partial charge in [-0.2, -0.15) is 0 Å². The van der Waals surface area contributed by atoms with Gasteiger partial charge < -0.3 is 15.8 Å². The number of esters is 1. The fourth-order valence-corrected chi connectivity index (χ4v) is 2.47. The summed E-state index contributed by atoms with van der Waals surface area (Å²) in [7, 11) is 0. The molecule has 7 heteroatoms. The minimum absolute atomic E-state index is 0.0812. The highest BCUT2D eigenvalue weighted by Gasteiger charge is 2.19. The number of ketones is 1. The molecule has 1 amide bonds. The Morgan fingerprint density at radius 1 is 1.15 bits per heavy atom. The number of rotatable bonds is 7. The molecule has 136 valence electrons. The predicted molar refractivity (Wildman–Crippen MR) is 98.9 cm³/mol. The fourth-order valence-electron chi connectivity index (χ4n) is 2.30. The molecule has 0 aliphatic carbocycles. The van der Waals surface area contributed by atoms with Crippen LogP contribution < -0.4 is 11.1 Å². The van der Waals surface area contributed by atoms with E-state index in [2.05, 4.69) is 5.32 Å². The van der Waals surface area contributed by atoms with Crippen LogP contribution in [0.15, 0.2) is 48.5 Å². The zero-order valence-corrected chi connectivity index (χ0v) is 15.0. The summed E-state index contributed by atoms with van der Waals surface area (Å²) in [6, 6.07) is 13.0. The maximum Gasteiger partial charge on any atom is 0.340 e. The Morgan fingerprint density at radius 3 is 2.50 bits per heavy atom. The van der Waals surface area contributed by atoms with Crippen LogP contribution in [0.25, 0.3) is 0 Å². The van der Waals surface area contributed by atoms with Gasteiger partial charge in [0.05, 0.1) is 11.6 Å². The summed E-state index contributed by atoms with van der Waals surface area (Å²) in [5.74, 6) is -1.52. The van der Waals surface area contributed by atoms with E-state index in [1.807, 2.05) is 30.3 Å². The van der Waals surface area contributed by atoms with Crippen LogP contribution in [-0.4, -0.2) is 30.3 Å². The third-order valence-corrected chi connectivity index (χ3v) is 3.91. The molecule has 0 aliphatic rings. The maximum absolute atomic E-state index is 12.0. The van der Waals surface area contributed by atoms with E-state index < -0.39 is 24.5 Å². The highest BCUT2D eigenvalue weighted by molar-refractivity contribution is 6.31. The summed E-state index contributed by atoms with van der Waals surface area (Å²) >= 11 is 5.82. The second kappa shape index (κ2) is 9.01. The lowest BCUT2D eigenvalue weighted by Crippen LogP contribution is -2.43. The van der Waals surface area contributed by atoms with Crippen molar-refractivity contribution in [1.82, 2.24) is 5.32 Å². The first-order valence-electron chi connectivity index (χ1n) is 7.92. The van der Waals surface area contributed by atoms with Crippen LogP contribution in [0.3, 0.4) is 0 Å². The number of carbonyl (C=O) groups excluding carboxylic acids is 3. The number of ether oxygens (including phenoxy) is 1. The summed E-state index contributed by atoms with van der Waals surface area (Å²) in [5, 5.41) is 2.90. The molecule has 0 fully saturated rings. The van der Waals surface area contributed by atoms with E-state index in [0.29, 0.717) is 11.4 Å². The lowest BCUT2D eigenvalue weighted by atomic mass is 10.0. The van der Waals surface area contributed by atoms with E-state index >= 15 is 0 Å². The van der Waals surface area contributed by atoms with E-state index in [-0.39, 0.29) is 17.0 Å². The maximum atomic E-state index is 12.0. The molecule has 1 atom stereocenters. The molecular formula is C19H19ClN2O4. The van der Waals surface area contributed by atoms with Gasteiger partial charge in [0.15, 0.2) is 12.4 Å². The Bertz CT molecular complexity index is 808. The van der Waals surface area contributed by atoms with Crippen molar-refractivity contribution in [2.75, 3.05) is 12.3 Å². The van der Waals surface area contributed by atoms with E-state index in [0.717, 1.165) is 5.56 Å². The predicted octanol–water partition coefficient (Wildman–Crippen LogP) is 2.40. The number of Topliss-reactive ketones (excluding diaryl/α,β-unsaturated/α-hetero) is 1. The second-order valence-electron chi connectivity index (χ2n) is 5.73. The van der Waals surface area contributed by atoms with Gasteiger partial charge in [-0.1, -0.05) is 41.9 Å². The Balaban J connectivity index is 1.92. The minimum Gasteiger partial charge on any atom is -0.452 e. The van der Waals surface area contributed by atoms with Gasteiger partial charge in [-0.25, -0.2) is 4.79 Å². The van der Waals surface area contributed by atoms with E-state index in [1.165, 1.54) is 19.1 Å². The van der Waals surface area contributed by atoms with Gasteiger partial charge in [0.1, 0.15) is 0 Å². The van der Waals surface area contributed by atoms with Gasteiger partial charge in [0.2, 0.25) is 0 Å². The molecule has 2 aromatic carbocycles. The molecule has 0 spiro atoms. The van der Waals surface area contributed by atoms with Crippen LogP contribution in [0, 0.1) is 0 Å². The number of halogens is 1. The summed E-state index contributed by atoms with van der Waals surface area (Å²) in [5.41, 5.74) is 6.89. The molecule has 0 aromatic heterocycles. The third kappa shape index (κ3) is 5.60. The van der Waals surface area contributed by atoms with Crippen molar-refractivity contribution < 1.29 is 19.1 Å². The first-order chi connectivity index (χ1) is 12.4. The third-order valence-electron chi connectivity index (χ3n) is 3.68. The average molecular weight is 375 g/mol. The monoisotopic (exact) mass is 374 g/mol. The smallest absolute Gasteiger partial charge is 0.340 e. The van der Waals surface area contributed by atoms with Gasteiger partial charge in [-0.3, -0.25) is 9.59 Å². The molecule has 0 radical (unpaired) electrons. The number of hydrogen-bond donors (Lipinski definition) is 2. The van der Waals surface area contributed by atoms with Crippen molar-refractivity contribution in [3.05, 3.63) is 64.7 Å². The van der Waals surface area contributed by atoms with E-state index in [4.69, 9.17) is 22.1 Å². The molecule has 3 N–H and O–H groups in total. The molecule has 0 heterocycles. The van der Waals surface area contributed by atoms with Crippen LogP contribution in [0.1, 0.15) is 22.8 Å². The SMILES string of the molecule is CC(=O)[C@H](Cc1ccccc1)NC(=O)COC(=O)c1cc(Cl)ccc1N. The summed E-state index contributed by atoms with van der Waals surface area (Å²) < 4.78 is 4.96. The first-order valence-corrected chi connectivity index (χ1v) is 8.30. The molecular weight excluding hydrogens is 356 g/mol. The van der Waals surface area contributed by atoms with Gasteiger partial charge in [-0.05, 0) is 37.1 Å². The van der Waals surface area contributed by atoms with Crippen LogP contribution in [0.4, 0.5) is 5.69 Å². The Hall–Kier alpha value is -2.86. The molecule has 26 heavy (non-hydrogen) atoms. The number of amides is 1. The molecule has 2 aromatic rings. The number of nitrogens with one attached hydrogen (secondary N) is 1. The standard InChI is InChI=1S/C19H19ClN2O4/c1-12(23)17(9-13-5-3-2-4-6-13)22-18(24)11-26-19(25)15-10-14(20)7-8-16(15)21/h2-8,10,17H,9,11,21H2,1H3,(H,22,24)/t17-/m0/s1. The summed E-state index contributed by atoms with van der Waals surface area (Å²) in [4.78, 5) is 35.8. The number of carbonyl (C=O) groups is 3. The van der Waals surface area contributed by atoms with E-state index in [1.54, 1.807) is 6.07 Å². The number of anilines is 1. The highest BCUT2D eigenvalue weighted by atomic mass is 35.5. The van der Waals surface area contributed by atoms with Gasteiger partial charge in [0, 0.05) is 10.7 Å². The van der Waals surface area contributed by atoms with Crippen LogP contribution in [0.5, 0.6) is 0 Å². The molecule has 0 bridgehead atoms. The van der Waals surface area contributed by atoms with Crippen molar-refractivity contribution in [3.8, 4) is 0 Å². The zero-order valence-electron chi connectivity index (χ0n) is 14.2. The molecule has 6 nitrogen and oxygen atoms in total. The van der Waals surface area contributed by atoms with Crippen LogP contribution in [-0.2, 0) is 20.7 Å². The normalized spacial score (nSPS) is 11.5. The number of hydrogen-bond acceptors (Lipinski definition) is 5. The van der Waals surface area contributed by atoms with Gasteiger partial charge >= 0.3 is 5.97 Å². The Labute approximate surface area is 156 Å². The lowest BCUT2D eigenvalue weighted by molar-refractivity contribution is -0.128. The van der Waals surface area contributed by atoms with Crippen LogP contribution >= 0.6 is 11.6 Å². The molecule has 0 unspecified atom stereocenters. The summed E-state index contributed by atoms with van der Waals surface area (Å²) in [6.45, 7) is 0.871. The minimum atomic E-state index is -0.761. The molecule has 0 aliphatic heterocycles. The second-order valence-corrected chi connectivity index (χ2v) is 6.16. The largest absolute Gasteiger partial charge is 0.452 e. The lowest BCUT2D eigenvalue weighted by Gasteiger charge is -2.16. The average Bonchev–Trinajstić information content (AvgIpc) is 2.62. The van der Waals surface area contributed by atoms with Gasteiger partial charge in [0.25, 0.3) is 5.91 Å². The summed E-state index contributed by atoms with van der Waals surface area (Å²) in [6.07, 6.45) is 0.358. The van der Waals surface area contributed by atoms with Crippen molar-refractivity contribution in [2.45, 2.75) is 19.4 Å². The molecule has 0 saturated heterocycles. The van der Waals surface area contributed by atoms with Crippen molar-refractivity contribution in [3.63, 3.8) is 0 Å². The number of nitrogen functional groups attached to an aromatic ring is 1.